The van der Waals surface area contributed by atoms with Crippen molar-refractivity contribution in [2.45, 2.75) is 6.10 Å². The van der Waals surface area contributed by atoms with E-state index in [-0.39, 0.29) is 34.2 Å². The lowest BCUT2D eigenvalue weighted by atomic mass is 10.1. The van der Waals surface area contributed by atoms with Gasteiger partial charge in [0.25, 0.3) is 0 Å². The molecule has 2 amide bonds. The summed E-state index contributed by atoms with van der Waals surface area (Å²) in [6.07, 6.45) is -0.693. The number of carbonyl (C=O) groups excluding carboxylic acids is 2. The number of nitrogens with two attached hydrogens (primary N) is 1. The van der Waals surface area contributed by atoms with Crippen molar-refractivity contribution >= 4 is 51.7 Å². The van der Waals surface area contributed by atoms with E-state index >= 15 is 0 Å². The minimum absolute atomic E-state index is 0.0716. The van der Waals surface area contributed by atoms with Crippen molar-refractivity contribution in [2.24, 2.45) is 5.73 Å². The fraction of sp³-hybridized carbons (Fsp3) is 0.304. The molecule has 9 nitrogen and oxygen atoms in total. The van der Waals surface area contributed by atoms with Crippen molar-refractivity contribution in [3.63, 3.8) is 0 Å². The van der Waals surface area contributed by atoms with Gasteiger partial charge in [-0.25, -0.2) is 4.79 Å². The second kappa shape index (κ2) is 10.6. The molecule has 1 aromatic heterocycles. The number of benzene rings is 2. The molecule has 0 bridgehead atoms. The van der Waals surface area contributed by atoms with E-state index < -0.39 is 17.9 Å². The summed E-state index contributed by atoms with van der Waals surface area (Å²) in [4.78, 5) is 26.8. The van der Waals surface area contributed by atoms with E-state index in [9.17, 15) is 14.7 Å². The topological polar surface area (TPSA) is 127 Å². The molecule has 2 heterocycles. The van der Waals surface area contributed by atoms with Crippen LogP contribution in [-0.2, 0) is 4.74 Å². The van der Waals surface area contributed by atoms with E-state index in [0.717, 1.165) is 13.1 Å². The van der Waals surface area contributed by atoms with Crippen LogP contribution in [0.3, 0.4) is 0 Å². The Labute approximate surface area is 205 Å². The number of nitrogens with zero attached hydrogens (tertiary/aromatic N) is 1. The van der Waals surface area contributed by atoms with E-state index in [4.69, 9.17) is 42.8 Å². The number of fused-ring (bicyclic) bond motifs is 1. The Hall–Kier alpha value is -2.82. The molecule has 1 aliphatic heterocycles. The lowest BCUT2D eigenvalue weighted by Crippen LogP contribution is -2.42. The Morgan fingerprint density at radius 1 is 1.18 bits per heavy atom. The van der Waals surface area contributed by atoms with Crippen LogP contribution in [0.15, 0.2) is 40.8 Å². The number of hydrogen-bond donors (Lipinski definition) is 3. The first-order chi connectivity index (χ1) is 16.3. The van der Waals surface area contributed by atoms with E-state index in [0.29, 0.717) is 35.9 Å². The van der Waals surface area contributed by atoms with E-state index in [2.05, 4.69) is 10.2 Å². The smallest absolute Gasteiger partial charge is 0.316 e. The van der Waals surface area contributed by atoms with Gasteiger partial charge in [0.05, 0.1) is 18.2 Å². The maximum atomic E-state index is 13.1. The number of β-amino-alcohol motifs (C(OH)–C–C–N with tert-alkyl or cyclic N) is 1. The molecule has 1 fully saturated rings. The Balaban J connectivity index is 1.56. The van der Waals surface area contributed by atoms with Gasteiger partial charge >= 0.3 is 6.03 Å². The molecule has 180 valence electrons. The minimum Gasteiger partial charge on any atom is -0.491 e. The average molecular weight is 508 g/mol. The number of primary amides is 1. The third kappa shape index (κ3) is 5.63. The predicted octanol–water partition coefficient (Wildman–Crippen LogP) is 3.53. The van der Waals surface area contributed by atoms with Crippen molar-refractivity contribution < 1.29 is 28.6 Å². The van der Waals surface area contributed by atoms with Gasteiger partial charge in [-0.1, -0.05) is 23.2 Å². The molecule has 0 radical (unpaired) electrons. The SMILES string of the molecule is NC(=O)Nc1c(C(=O)c2ccc(Cl)cc2Cl)oc2cc(OC[C@@H](O)CN3CCOCC3)ccc12. The molecule has 3 aromatic rings. The molecule has 1 saturated heterocycles. The number of rotatable bonds is 8. The fourth-order valence-corrected chi connectivity index (χ4v) is 4.19. The zero-order valence-electron chi connectivity index (χ0n) is 18.1. The third-order valence-electron chi connectivity index (χ3n) is 5.31. The van der Waals surface area contributed by atoms with Crippen molar-refractivity contribution in [2.75, 3.05) is 44.8 Å². The first kappa shape index (κ1) is 24.3. The molecular weight excluding hydrogens is 485 g/mol. The van der Waals surface area contributed by atoms with Gasteiger partial charge in [0.1, 0.15) is 29.7 Å². The number of hydrogen-bond acceptors (Lipinski definition) is 7. The zero-order valence-corrected chi connectivity index (χ0v) is 19.6. The number of carbonyl (C=O) groups is 2. The number of furan rings is 1. The number of nitrogens with one attached hydrogen (secondary N) is 1. The van der Waals surface area contributed by atoms with Crippen molar-refractivity contribution in [1.82, 2.24) is 4.90 Å². The predicted molar refractivity (Wildman–Crippen MR) is 128 cm³/mol. The summed E-state index contributed by atoms with van der Waals surface area (Å²) < 4.78 is 16.8. The van der Waals surface area contributed by atoms with Crippen LogP contribution < -0.4 is 15.8 Å². The van der Waals surface area contributed by atoms with Gasteiger partial charge in [-0.05, 0) is 30.3 Å². The molecule has 11 heteroatoms. The van der Waals surface area contributed by atoms with E-state index in [1.165, 1.54) is 18.2 Å². The molecule has 0 aliphatic carbocycles. The van der Waals surface area contributed by atoms with Crippen LogP contribution in [0, 0.1) is 0 Å². The van der Waals surface area contributed by atoms with Gasteiger partial charge in [-0.3, -0.25) is 9.69 Å². The number of morpholine rings is 1. The molecule has 0 unspecified atom stereocenters. The molecule has 34 heavy (non-hydrogen) atoms. The number of ketones is 1. The summed E-state index contributed by atoms with van der Waals surface area (Å²) in [5.41, 5.74) is 5.87. The lowest BCUT2D eigenvalue weighted by Gasteiger charge is -2.28. The van der Waals surface area contributed by atoms with Crippen LogP contribution >= 0.6 is 23.2 Å². The largest absolute Gasteiger partial charge is 0.491 e. The van der Waals surface area contributed by atoms with E-state index in [1.54, 1.807) is 18.2 Å². The van der Waals surface area contributed by atoms with Gasteiger partial charge in [0.15, 0.2) is 5.76 Å². The Morgan fingerprint density at radius 3 is 2.65 bits per heavy atom. The number of halogens is 2. The molecule has 0 spiro atoms. The quantitative estimate of drug-likeness (QED) is 0.398. The highest BCUT2D eigenvalue weighted by molar-refractivity contribution is 6.37. The van der Waals surface area contributed by atoms with Gasteiger partial charge in [0.2, 0.25) is 5.78 Å². The van der Waals surface area contributed by atoms with Crippen LogP contribution in [0.25, 0.3) is 11.0 Å². The second-order valence-electron chi connectivity index (χ2n) is 7.78. The Morgan fingerprint density at radius 2 is 1.94 bits per heavy atom. The summed E-state index contributed by atoms with van der Waals surface area (Å²) in [5, 5.41) is 13.7. The number of urea groups is 1. The molecule has 4 rings (SSSR count). The summed E-state index contributed by atoms with van der Waals surface area (Å²) in [7, 11) is 0. The average Bonchev–Trinajstić information content (AvgIpc) is 3.15. The molecule has 1 aliphatic rings. The van der Waals surface area contributed by atoms with Crippen molar-refractivity contribution in [1.29, 1.82) is 0 Å². The summed E-state index contributed by atoms with van der Waals surface area (Å²) in [5.74, 6) is -0.260. The van der Waals surface area contributed by atoms with Crippen LogP contribution in [0.1, 0.15) is 16.1 Å². The Kier molecular flexibility index (Phi) is 7.60. The molecule has 0 saturated carbocycles. The van der Waals surface area contributed by atoms with Gasteiger partial charge in [0, 0.05) is 41.7 Å². The third-order valence-corrected chi connectivity index (χ3v) is 5.85. The minimum atomic E-state index is -0.856. The molecular formula is C23H23Cl2N3O6. The Bertz CT molecular complexity index is 1210. The number of anilines is 1. The summed E-state index contributed by atoms with van der Waals surface area (Å²) in [6, 6.07) is 8.43. The van der Waals surface area contributed by atoms with Crippen molar-refractivity contribution in [3.05, 3.63) is 57.8 Å². The highest BCUT2D eigenvalue weighted by Gasteiger charge is 2.25. The highest BCUT2D eigenvalue weighted by atomic mass is 35.5. The van der Waals surface area contributed by atoms with Crippen LogP contribution in [0.4, 0.5) is 10.5 Å². The number of aliphatic hydroxyl groups is 1. The summed E-state index contributed by atoms with van der Waals surface area (Å²) in [6.45, 7) is 3.36. The number of amides is 2. The zero-order chi connectivity index (χ0) is 24.2. The van der Waals surface area contributed by atoms with Gasteiger partial charge < -0.3 is 30.0 Å². The second-order valence-corrected chi connectivity index (χ2v) is 8.63. The maximum Gasteiger partial charge on any atom is 0.316 e. The standard InChI is InChI=1S/C23H23Cl2N3O6/c24-13-1-3-16(18(25)9-13)21(30)22-20(27-23(26)31)17-4-2-15(10-19(17)34-22)33-12-14(29)11-28-5-7-32-8-6-28/h1-4,9-10,14,29H,5-8,11-12H2,(H3,26,27,31)/t14-/m0/s1. The number of aliphatic hydroxyl groups excluding tert-OH is 1. The van der Waals surface area contributed by atoms with Crippen LogP contribution in [0.5, 0.6) is 5.75 Å². The van der Waals surface area contributed by atoms with E-state index in [1.807, 2.05) is 0 Å². The van der Waals surface area contributed by atoms with Gasteiger partial charge in [-0.2, -0.15) is 0 Å². The normalized spacial score (nSPS) is 15.3. The monoisotopic (exact) mass is 507 g/mol. The maximum absolute atomic E-state index is 13.1. The van der Waals surface area contributed by atoms with Crippen LogP contribution in [0.2, 0.25) is 10.0 Å². The van der Waals surface area contributed by atoms with Crippen molar-refractivity contribution in [3.8, 4) is 5.75 Å². The first-order valence-electron chi connectivity index (χ1n) is 10.6. The molecule has 1 atom stereocenters. The van der Waals surface area contributed by atoms with Gasteiger partial charge in [-0.15, -0.1) is 0 Å². The summed E-state index contributed by atoms with van der Waals surface area (Å²) >= 11 is 12.1. The lowest BCUT2D eigenvalue weighted by molar-refractivity contribution is 0.00466. The molecule has 2 aromatic carbocycles. The van der Waals surface area contributed by atoms with Crippen LogP contribution in [-0.4, -0.2) is 67.4 Å². The number of ether oxygens (including phenoxy) is 2. The first-order valence-corrected chi connectivity index (χ1v) is 11.3. The molecule has 4 N–H and O–H groups in total. The highest BCUT2D eigenvalue weighted by Crippen LogP contribution is 2.36. The fourth-order valence-electron chi connectivity index (χ4n) is 3.70.